The lowest BCUT2D eigenvalue weighted by Gasteiger charge is -2.32. The Morgan fingerprint density at radius 2 is 1.74 bits per heavy atom. The number of para-hydroxylation sites is 1. The monoisotopic (exact) mass is 431 g/mol. The van der Waals surface area contributed by atoms with E-state index in [9.17, 15) is 9.59 Å². The fourth-order valence-electron chi connectivity index (χ4n) is 3.01. The summed E-state index contributed by atoms with van der Waals surface area (Å²) >= 11 is 3.37. The molecule has 6 nitrogen and oxygen atoms in total. The lowest BCUT2D eigenvalue weighted by Crippen LogP contribution is -2.47. The summed E-state index contributed by atoms with van der Waals surface area (Å²) in [4.78, 5) is 29.8. The highest BCUT2D eigenvalue weighted by molar-refractivity contribution is 9.10. The third kappa shape index (κ3) is 4.48. The molecule has 0 spiro atoms. The number of anilines is 1. The van der Waals surface area contributed by atoms with Crippen molar-refractivity contribution in [3.63, 3.8) is 0 Å². The first kappa shape index (κ1) is 19.4. The molecule has 1 aliphatic heterocycles. The van der Waals surface area contributed by atoms with Gasteiger partial charge >= 0.3 is 0 Å². The van der Waals surface area contributed by atoms with Gasteiger partial charge in [0.1, 0.15) is 5.75 Å². The third-order valence-corrected chi connectivity index (χ3v) is 5.10. The molecule has 2 aromatic rings. The van der Waals surface area contributed by atoms with Crippen molar-refractivity contribution in [2.75, 3.05) is 45.7 Å². The van der Waals surface area contributed by atoms with Crippen LogP contribution in [0.15, 0.2) is 46.9 Å². The highest BCUT2D eigenvalue weighted by Gasteiger charge is 2.23. The lowest BCUT2D eigenvalue weighted by molar-refractivity contribution is 0.0665. The van der Waals surface area contributed by atoms with Crippen LogP contribution in [0.2, 0.25) is 0 Å². The van der Waals surface area contributed by atoms with Crippen molar-refractivity contribution in [2.45, 2.75) is 0 Å². The molecular formula is C20H22BrN3O3. The molecular weight excluding hydrogens is 410 g/mol. The molecule has 2 aromatic carbocycles. The van der Waals surface area contributed by atoms with Gasteiger partial charge in [0.05, 0.1) is 23.9 Å². The molecule has 3 rings (SSSR count). The number of likely N-dealkylation sites (N-methyl/N-ethyl adjacent to an activating group) is 1. The van der Waals surface area contributed by atoms with Crippen LogP contribution in [0.1, 0.15) is 20.7 Å². The van der Waals surface area contributed by atoms with E-state index in [1.807, 2.05) is 11.9 Å². The summed E-state index contributed by atoms with van der Waals surface area (Å²) in [5.41, 5.74) is 1.38. The molecule has 0 radical (unpaired) electrons. The number of nitrogens with one attached hydrogen (secondary N) is 1. The Bertz CT molecular complexity index is 848. The van der Waals surface area contributed by atoms with Gasteiger partial charge in [-0.05, 0) is 37.4 Å². The molecule has 142 valence electrons. The number of hydrogen-bond donors (Lipinski definition) is 1. The summed E-state index contributed by atoms with van der Waals surface area (Å²) in [5, 5.41) is 2.86. The second-order valence-corrected chi connectivity index (χ2v) is 7.36. The Balaban J connectivity index is 1.83. The van der Waals surface area contributed by atoms with E-state index in [2.05, 4.69) is 26.1 Å². The Morgan fingerprint density at radius 1 is 1.04 bits per heavy atom. The first-order valence-corrected chi connectivity index (χ1v) is 9.50. The maximum absolute atomic E-state index is 12.9. The number of carbonyl (C=O) groups is 2. The van der Waals surface area contributed by atoms with Crippen LogP contribution in [0, 0.1) is 0 Å². The SMILES string of the molecule is COc1ccc(Br)cc1C(=O)Nc1ccccc1C(=O)N1CCN(C)CC1. The molecule has 2 amide bonds. The quantitative estimate of drug-likeness (QED) is 0.807. The van der Waals surface area contributed by atoms with E-state index in [1.54, 1.807) is 42.5 Å². The van der Waals surface area contributed by atoms with Crippen LogP contribution in [0.4, 0.5) is 5.69 Å². The van der Waals surface area contributed by atoms with E-state index >= 15 is 0 Å². The second-order valence-electron chi connectivity index (χ2n) is 6.44. The summed E-state index contributed by atoms with van der Waals surface area (Å²) in [5.74, 6) is 0.0746. The highest BCUT2D eigenvalue weighted by atomic mass is 79.9. The Hall–Kier alpha value is -2.38. The number of nitrogens with zero attached hydrogens (tertiary/aromatic N) is 2. The Kier molecular flexibility index (Phi) is 6.13. The number of methoxy groups -OCH3 is 1. The molecule has 0 unspecified atom stereocenters. The van der Waals surface area contributed by atoms with E-state index in [0.29, 0.717) is 35.7 Å². The molecule has 0 saturated carbocycles. The molecule has 0 aliphatic carbocycles. The fourth-order valence-corrected chi connectivity index (χ4v) is 3.37. The van der Waals surface area contributed by atoms with Crippen LogP contribution in [-0.2, 0) is 0 Å². The maximum Gasteiger partial charge on any atom is 0.259 e. The van der Waals surface area contributed by atoms with Gasteiger partial charge in [0.25, 0.3) is 11.8 Å². The van der Waals surface area contributed by atoms with Gasteiger partial charge in [0.15, 0.2) is 0 Å². The number of benzene rings is 2. The minimum Gasteiger partial charge on any atom is -0.496 e. The largest absolute Gasteiger partial charge is 0.496 e. The number of carbonyl (C=O) groups excluding carboxylic acids is 2. The molecule has 0 bridgehead atoms. The molecule has 27 heavy (non-hydrogen) atoms. The zero-order valence-electron chi connectivity index (χ0n) is 15.4. The average molecular weight is 432 g/mol. The molecule has 0 atom stereocenters. The third-order valence-electron chi connectivity index (χ3n) is 4.60. The van der Waals surface area contributed by atoms with Crippen molar-refractivity contribution >= 4 is 33.4 Å². The average Bonchev–Trinajstić information content (AvgIpc) is 2.68. The smallest absolute Gasteiger partial charge is 0.259 e. The minimum atomic E-state index is -0.327. The normalized spacial score (nSPS) is 14.7. The molecule has 1 aliphatic rings. The van der Waals surface area contributed by atoms with E-state index in [4.69, 9.17) is 4.74 Å². The first-order chi connectivity index (χ1) is 13.0. The zero-order chi connectivity index (χ0) is 19.4. The summed E-state index contributed by atoms with van der Waals surface area (Å²) in [6.07, 6.45) is 0. The van der Waals surface area contributed by atoms with Crippen molar-refractivity contribution in [2.24, 2.45) is 0 Å². The van der Waals surface area contributed by atoms with E-state index < -0.39 is 0 Å². The van der Waals surface area contributed by atoms with Gasteiger partial charge in [-0.15, -0.1) is 0 Å². The summed E-state index contributed by atoms with van der Waals surface area (Å²) in [7, 11) is 3.56. The zero-order valence-corrected chi connectivity index (χ0v) is 17.0. The summed E-state index contributed by atoms with van der Waals surface area (Å²) in [6.45, 7) is 3.04. The van der Waals surface area contributed by atoms with Gasteiger partial charge in [-0.2, -0.15) is 0 Å². The minimum absolute atomic E-state index is 0.0693. The van der Waals surface area contributed by atoms with Crippen LogP contribution >= 0.6 is 15.9 Å². The Labute approximate surface area is 167 Å². The maximum atomic E-state index is 12.9. The Morgan fingerprint density at radius 3 is 2.44 bits per heavy atom. The van der Waals surface area contributed by atoms with Gasteiger partial charge in [-0.25, -0.2) is 0 Å². The van der Waals surface area contributed by atoms with Crippen LogP contribution in [0.25, 0.3) is 0 Å². The van der Waals surface area contributed by atoms with Crippen molar-refractivity contribution in [1.29, 1.82) is 0 Å². The van der Waals surface area contributed by atoms with Gasteiger partial charge < -0.3 is 19.9 Å². The van der Waals surface area contributed by atoms with Gasteiger partial charge in [-0.3, -0.25) is 9.59 Å². The van der Waals surface area contributed by atoms with Crippen molar-refractivity contribution in [3.8, 4) is 5.75 Å². The van der Waals surface area contributed by atoms with Crippen LogP contribution in [-0.4, -0.2) is 62.0 Å². The molecule has 1 heterocycles. The first-order valence-electron chi connectivity index (χ1n) is 8.71. The standard InChI is InChI=1S/C20H22BrN3O3/c1-23-9-11-24(12-10-23)20(26)15-5-3-4-6-17(15)22-19(25)16-13-14(21)7-8-18(16)27-2/h3-8,13H,9-12H2,1-2H3,(H,22,25). The topological polar surface area (TPSA) is 61.9 Å². The second kappa shape index (κ2) is 8.54. The van der Waals surface area contributed by atoms with Gasteiger partial charge in [-0.1, -0.05) is 28.1 Å². The van der Waals surface area contributed by atoms with Crippen LogP contribution < -0.4 is 10.1 Å². The lowest BCUT2D eigenvalue weighted by atomic mass is 10.1. The van der Waals surface area contributed by atoms with Crippen molar-refractivity contribution in [1.82, 2.24) is 9.80 Å². The summed E-state index contributed by atoms with van der Waals surface area (Å²) < 4.78 is 6.05. The number of hydrogen-bond acceptors (Lipinski definition) is 4. The predicted octanol–water partition coefficient (Wildman–Crippen LogP) is 3.10. The molecule has 1 fully saturated rings. The van der Waals surface area contributed by atoms with Gasteiger partial charge in [0, 0.05) is 30.7 Å². The highest BCUT2D eigenvalue weighted by Crippen LogP contribution is 2.25. The van der Waals surface area contributed by atoms with E-state index in [-0.39, 0.29) is 11.8 Å². The predicted molar refractivity (Wildman–Crippen MR) is 108 cm³/mol. The van der Waals surface area contributed by atoms with Crippen molar-refractivity contribution in [3.05, 3.63) is 58.1 Å². The molecule has 0 aromatic heterocycles. The fraction of sp³-hybridized carbons (Fsp3) is 0.300. The van der Waals surface area contributed by atoms with Crippen molar-refractivity contribution < 1.29 is 14.3 Å². The number of rotatable bonds is 4. The van der Waals surface area contributed by atoms with Crippen LogP contribution in [0.3, 0.4) is 0 Å². The molecule has 1 N–H and O–H groups in total. The molecule has 1 saturated heterocycles. The number of ether oxygens (including phenoxy) is 1. The van der Waals surface area contributed by atoms with Gasteiger partial charge in [0.2, 0.25) is 0 Å². The summed E-state index contributed by atoms with van der Waals surface area (Å²) in [6, 6.07) is 12.3. The molecule has 7 heteroatoms. The number of amides is 2. The number of halogens is 1. The van der Waals surface area contributed by atoms with E-state index in [1.165, 1.54) is 7.11 Å². The number of piperazine rings is 1. The van der Waals surface area contributed by atoms with Crippen LogP contribution in [0.5, 0.6) is 5.75 Å². The van der Waals surface area contributed by atoms with E-state index in [0.717, 1.165) is 17.6 Å².